The van der Waals surface area contributed by atoms with Crippen molar-refractivity contribution in [2.45, 2.75) is 34.6 Å². The van der Waals surface area contributed by atoms with E-state index in [4.69, 9.17) is 30.0 Å². The van der Waals surface area contributed by atoms with Crippen LogP contribution >= 0.6 is 11.3 Å². The second-order valence-electron chi connectivity index (χ2n) is 15.9. The molecule has 0 saturated heterocycles. The highest BCUT2D eigenvalue weighted by atomic mass is 32.2. The van der Waals surface area contributed by atoms with Crippen molar-refractivity contribution in [1.82, 2.24) is 14.8 Å². The standard InChI is InChI=1S/C43H35N9O16S5.2O3S/c1-23-16-35(36(68-14-5-15-70(56,57)58)21-34(23)47-50-43-44-31-11-8-24(22-53)17-37(31)69-43)48-45-32-12-10-30-29(40(32)54)9-13-33(41(30)73(65,66)67)46-49-39-38(25-6-3-2-4-7-25)51-52(42(39)55)26-18-27(71(59,60)61)20-28(19-26)72(62,63)64;2*1-4(2)3/h2-4,6-13,16-21,53-55H,5,14-15,22H2,1H3,(H,56,57,58)(H,59,60,61)(H,62,63,64)(H,65,66,67);;. The molecule has 0 spiro atoms. The van der Waals surface area contributed by atoms with E-state index in [0.29, 0.717) is 38.2 Å². The van der Waals surface area contributed by atoms with Gasteiger partial charge in [0, 0.05) is 22.4 Å². The van der Waals surface area contributed by atoms with Crippen LogP contribution in [0.2, 0.25) is 0 Å². The minimum atomic E-state index is -5.23. The zero-order valence-electron chi connectivity index (χ0n) is 40.3. The lowest BCUT2D eigenvalue weighted by Crippen LogP contribution is -2.08. The lowest BCUT2D eigenvalue weighted by atomic mass is 10.1. The Labute approximate surface area is 463 Å². The molecule has 0 radical (unpaired) electrons. The third-order valence-corrected chi connectivity index (χ3v) is 14.7. The van der Waals surface area contributed by atoms with Crippen LogP contribution in [0, 0.1) is 6.92 Å². The molecule has 31 nitrogen and oxygen atoms in total. The molecule has 6 aromatic carbocycles. The normalized spacial score (nSPS) is 12.2. The molecule has 0 aliphatic heterocycles. The van der Waals surface area contributed by atoms with Gasteiger partial charge in [-0.25, -0.2) is 4.98 Å². The summed E-state index contributed by atoms with van der Waals surface area (Å²) in [5.74, 6) is -2.14. The van der Waals surface area contributed by atoms with Gasteiger partial charge in [0.25, 0.3) is 40.5 Å². The molecular weight excluding hydrogens is 1220 g/mol. The molecule has 38 heteroatoms. The Morgan fingerprint density at radius 1 is 0.630 bits per heavy atom. The van der Waals surface area contributed by atoms with Gasteiger partial charge in [0.05, 0.1) is 50.3 Å². The molecule has 426 valence electrons. The Balaban J connectivity index is 0.00000124. The fourth-order valence-electron chi connectivity index (χ4n) is 7.00. The number of aliphatic hydroxyl groups excluding tert-OH is 1. The number of aromatic nitrogens is 3. The number of aryl methyl sites for hydroxylation is 1. The lowest BCUT2D eigenvalue weighted by molar-refractivity contribution is 0.282. The number of hydrogen-bond acceptors (Lipinski definition) is 27. The van der Waals surface area contributed by atoms with Gasteiger partial charge < -0.3 is 20.1 Å². The smallest absolute Gasteiger partial charge is 0.425 e. The van der Waals surface area contributed by atoms with Crippen molar-refractivity contribution >= 4 is 128 Å². The minimum absolute atomic E-state index is 0.0287. The van der Waals surface area contributed by atoms with Gasteiger partial charge in [0.1, 0.15) is 33.4 Å². The van der Waals surface area contributed by atoms with Crippen molar-refractivity contribution < 1.29 is 97.2 Å². The number of fused-ring (bicyclic) bond motifs is 2. The number of thiazole rings is 1. The fraction of sp³-hybridized carbons (Fsp3) is 0.116. The fourth-order valence-corrected chi connectivity index (χ4v) is 10.3. The van der Waals surface area contributed by atoms with Crippen LogP contribution in [-0.4, -0.2) is 120 Å². The molecule has 7 N–H and O–H groups in total. The third kappa shape index (κ3) is 16.4. The van der Waals surface area contributed by atoms with Crippen LogP contribution in [0.3, 0.4) is 0 Å². The lowest BCUT2D eigenvalue weighted by Gasteiger charge is -2.11. The Morgan fingerprint density at radius 2 is 1.21 bits per heavy atom. The van der Waals surface area contributed by atoms with Crippen LogP contribution in [-0.2, 0) is 68.3 Å². The second-order valence-corrected chi connectivity index (χ2v) is 23.5. The highest BCUT2D eigenvalue weighted by Crippen LogP contribution is 2.45. The monoisotopic (exact) mass is 1250 g/mol. The van der Waals surface area contributed by atoms with Crippen LogP contribution in [0.15, 0.2) is 149 Å². The molecule has 0 aliphatic rings. The molecule has 0 unspecified atom stereocenters. The molecule has 81 heavy (non-hydrogen) atoms. The summed E-state index contributed by atoms with van der Waals surface area (Å²) in [5.41, 5.74) is 0.463. The first kappa shape index (κ1) is 61.9. The van der Waals surface area contributed by atoms with Gasteiger partial charge in [-0.05, 0) is 79.1 Å². The summed E-state index contributed by atoms with van der Waals surface area (Å²) < 4.78 is 194. The molecule has 2 aromatic heterocycles. The van der Waals surface area contributed by atoms with E-state index >= 15 is 0 Å². The maximum absolute atomic E-state index is 13.0. The molecule has 2 heterocycles. The van der Waals surface area contributed by atoms with Gasteiger partial charge in [-0.1, -0.05) is 53.8 Å². The van der Waals surface area contributed by atoms with E-state index in [2.05, 4.69) is 40.8 Å². The summed E-state index contributed by atoms with van der Waals surface area (Å²) in [6.45, 7) is 1.30. The maximum atomic E-state index is 13.0. The Bertz CT molecular complexity index is 4490. The van der Waals surface area contributed by atoms with Gasteiger partial charge in [-0.2, -0.15) is 43.5 Å². The van der Waals surface area contributed by atoms with E-state index in [1.54, 1.807) is 43.3 Å². The second kappa shape index (κ2) is 25.4. The highest BCUT2D eigenvalue weighted by Gasteiger charge is 2.27. The first-order valence-corrected chi connectivity index (χ1v) is 30.3. The Kier molecular flexibility index (Phi) is 19.5. The van der Waals surface area contributed by atoms with Crippen LogP contribution < -0.4 is 4.74 Å². The summed E-state index contributed by atoms with van der Waals surface area (Å²) in [4.78, 5) is 1.55. The van der Waals surface area contributed by atoms with Crippen LogP contribution in [0.1, 0.15) is 17.5 Å². The van der Waals surface area contributed by atoms with Gasteiger partial charge in [0.15, 0.2) is 11.4 Å². The van der Waals surface area contributed by atoms with Crippen molar-refractivity contribution in [3.63, 3.8) is 0 Å². The van der Waals surface area contributed by atoms with E-state index < -0.39 is 111 Å². The van der Waals surface area contributed by atoms with Gasteiger partial charge in [-0.15, -0.1) is 55.9 Å². The molecule has 0 saturated carbocycles. The largest absolute Gasteiger partial charge is 0.505 e. The molecule has 0 amide bonds. The summed E-state index contributed by atoms with van der Waals surface area (Å²) >= 11 is 1.23. The number of nitrogens with zero attached hydrogens (tertiary/aromatic N) is 9. The molecule has 8 aromatic rings. The molecule has 0 bridgehead atoms. The van der Waals surface area contributed by atoms with E-state index in [1.165, 1.54) is 47.7 Å². The van der Waals surface area contributed by atoms with Crippen molar-refractivity contribution in [1.29, 1.82) is 0 Å². The van der Waals surface area contributed by atoms with Gasteiger partial charge in [0.2, 0.25) is 11.0 Å². The number of benzene rings is 6. The average Bonchev–Trinajstić information content (AvgIpc) is 4.11. The zero-order chi connectivity index (χ0) is 59.8. The predicted molar refractivity (Wildman–Crippen MR) is 281 cm³/mol. The van der Waals surface area contributed by atoms with Crippen molar-refractivity contribution in [3.05, 3.63) is 114 Å². The van der Waals surface area contributed by atoms with Crippen molar-refractivity contribution in [2.24, 2.45) is 30.7 Å². The first-order chi connectivity index (χ1) is 37.8. The zero-order valence-corrected chi connectivity index (χ0v) is 46.0. The summed E-state index contributed by atoms with van der Waals surface area (Å²) in [6, 6.07) is 22.5. The minimum Gasteiger partial charge on any atom is -0.505 e. The number of phenols is 1. The van der Waals surface area contributed by atoms with Gasteiger partial charge in [-0.3, -0.25) is 18.2 Å². The quantitative estimate of drug-likeness (QED) is 0.0270. The number of rotatable bonds is 17. The summed E-state index contributed by atoms with van der Waals surface area (Å²) in [6.07, 6.45) is -0.127. The number of ether oxygens (including phenoxy) is 1. The SMILES string of the molecule is Cc1cc(N=Nc2ccc3c(S(=O)(=O)O)c(N=Nc4c(-c5ccccc5)nn(-c5cc(S(=O)(=O)O)cc(S(=O)(=O)O)c5)c4O)ccc3c2O)c(OCCCS(=O)(=O)O)cc1N=Nc1nc2ccc(CO)cc2s1.O=S(=O)=O.O=S(=O)=O. The Hall–Kier alpha value is -8.28. The highest BCUT2D eigenvalue weighted by molar-refractivity contribution is 7.87. The van der Waals surface area contributed by atoms with Crippen LogP contribution in [0.4, 0.5) is 33.6 Å². The molecule has 0 atom stereocenters. The van der Waals surface area contributed by atoms with Crippen molar-refractivity contribution in [2.75, 3.05) is 12.4 Å². The number of aliphatic hydroxyl groups is 1. The summed E-state index contributed by atoms with van der Waals surface area (Å²) in [5, 5.41) is 61.5. The summed E-state index contributed by atoms with van der Waals surface area (Å²) in [7, 11) is -26.0. The molecular formula is C43H35N9O22S7. The topological polar surface area (TPSA) is 495 Å². The first-order valence-electron chi connectivity index (χ1n) is 21.6. The van der Waals surface area contributed by atoms with E-state index in [-0.39, 0.29) is 58.8 Å². The third-order valence-electron chi connectivity index (χ3n) is 10.4. The number of azo groups is 3. The van der Waals surface area contributed by atoms with Crippen LogP contribution in [0.5, 0.6) is 17.4 Å². The molecule has 8 rings (SSSR count). The molecule has 0 fully saturated rings. The van der Waals surface area contributed by atoms with Crippen molar-refractivity contribution in [3.8, 4) is 34.3 Å². The number of hydrogen-bond donors (Lipinski definition) is 7. The average molecular weight is 1250 g/mol. The number of phenolic OH excluding ortho intramolecular Hbond substituents is 1. The Morgan fingerprint density at radius 3 is 1.80 bits per heavy atom. The molecule has 0 aliphatic carbocycles. The van der Waals surface area contributed by atoms with Gasteiger partial charge >= 0.3 is 21.2 Å². The van der Waals surface area contributed by atoms with E-state index in [0.717, 1.165) is 29.0 Å². The van der Waals surface area contributed by atoms with Crippen LogP contribution in [0.25, 0.3) is 37.9 Å². The van der Waals surface area contributed by atoms with E-state index in [1.807, 2.05) is 0 Å². The maximum Gasteiger partial charge on any atom is 0.425 e. The predicted octanol–water partition coefficient (Wildman–Crippen LogP) is 7.15. The number of aromatic hydroxyl groups is 2. The van der Waals surface area contributed by atoms with E-state index in [9.17, 15) is 67.2 Å².